The van der Waals surface area contributed by atoms with E-state index in [1.165, 1.54) is 0 Å². The summed E-state index contributed by atoms with van der Waals surface area (Å²) in [6.07, 6.45) is 3.13. The molecule has 1 N–H and O–H groups in total. The molecule has 31 heavy (non-hydrogen) atoms. The minimum absolute atomic E-state index is 0.0791. The van der Waals surface area contributed by atoms with Crippen LogP contribution in [0.15, 0.2) is 46.6 Å². The van der Waals surface area contributed by atoms with Crippen LogP contribution in [-0.2, 0) is 16.1 Å². The van der Waals surface area contributed by atoms with Crippen LogP contribution in [0.25, 0.3) is 6.08 Å². The number of phenolic OH excluding ortho intramolecular Hbond substituents is 1. The van der Waals surface area contributed by atoms with E-state index in [0.29, 0.717) is 56.0 Å². The number of nitrogens with zero attached hydrogens (tertiary/aromatic N) is 1. The number of Topliss-reactive ketones (excluding diaryl/α,β-unsaturated/α-hetero) is 1. The second kappa shape index (κ2) is 9.24. The zero-order valence-corrected chi connectivity index (χ0v) is 18.9. The van der Waals surface area contributed by atoms with Crippen molar-refractivity contribution in [1.82, 2.24) is 4.90 Å². The van der Waals surface area contributed by atoms with Gasteiger partial charge >= 0.3 is 5.97 Å². The minimum Gasteiger partial charge on any atom is -0.507 e. The Balaban J connectivity index is 1.50. The number of carbonyl (C=O) groups is 2. The fraction of sp³-hybridized carbons (Fsp3) is 0.333. The number of fused-ring (bicyclic) bond motifs is 1. The first kappa shape index (κ1) is 21.6. The minimum atomic E-state index is -0.194. The number of aromatic hydroxyl groups is 1. The van der Waals surface area contributed by atoms with E-state index in [1.807, 2.05) is 31.2 Å². The van der Waals surface area contributed by atoms with Crippen molar-refractivity contribution in [3.8, 4) is 11.5 Å². The van der Waals surface area contributed by atoms with Crippen LogP contribution in [0.3, 0.4) is 0 Å². The van der Waals surface area contributed by atoms with Crippen LogP contribution >= 0.6 is 15.9 Å². The number of phenols is 1. The second-order valence-electron chi connectivity index (χ2n) is 7.73. The molecule has 2 aromatic rings. The molecule has 1 fully saturated rings. The third-order valence-electron chi connectivity index (χ3n) is 5.67. The lowest BCUT2D eigenvalue weighted by Crippen LogP contribution is -2.36. The van der Waals surface area contributed by atoms with Gasteiger partial charge in [-0.15, -0.1) is 0 Å². The Hall–Kier alpha value is -2.64. The van der Waals surface area contributed by atoms with Gasteiger partial charge in [0.15, 0.2) is 5.76 Å². The van der Waals surface area contributed by atoms with Crippen molar-refractivity contribution in [3.05, 3.63) is 63.3 Å². The molecule has 0 atom stereocenters. The average Bonchev–Trinajstić information content (AvgIpc) is 3.08. The summed E-state index contributed by atoms with van der Waals surface area (Å²) in [5.41, 5.74) is 1.91. The van der Waals surface area contributed by atoms with Crippen molar-refractivity contribution in [2.75, 3.05) is 19.7 Å². The van der Waals surface area contributed by atoms with Gasteiger partial charge in [-0.1, -0.05) is 28.1 Å². The Kier molecular flexibility index (Phi) is 6.43. The lowest BCUT2D eigenvalue weighted by molar-refractivity contribution is -0.149. The van der Waals surface area contributed by atoms with Gasteiger partial charge in [0.25, 0.3) is 0 Å². The van der Waals surface area contributed by atoms with Crippen molar-refractivity contribution >= 4 is 33.8 Å². The first-order chi connectivity index (χ1) is 15.0. The molecule has 0 saturated carbocycles. The molecule has 7 heteroatoms. The molecule has 0 aromatic heterocycles. The van der Waals surface area contributed by atoms with Crippen LogP contribution in [0, 0.1) is 5.92 Å². The van der Waals surface area contributed by atoms with E-state index in [0.717, 1.165) is 10.0 Å². The van der Waals surface area contributed by atoms with Crippen molar-refractivity contribution < 1.29 is 24.2 Å². The largest absolute Gasteiger partial charge is 0.507 e. The molecular formula is C24H24BrNO5. The van der Waals surface area contributed by atoms with Gasteiger partial charge < -0.3 is 14.6 Å². The molecule has 2 heterocycles. The smallest absolute Gasteiger partial charge is 0.309 e. The van der Waals surface area contributed by atoms with E-state index in [1.54, 1.807) is 18.2 Å². The number of likely N-dealkylation sites (tertiary alicyclic amines) is 1. The van der Waals surface area contributed by atoms with E-state index in [2.05, 4.69) is 20.8 Å². The number of ether oxygens (including phenoxy) is 2. The van der Waals surface area contributed by atoms with Gasteiger partial charge in [0.1, 0.15) is 11.5 Å². The lowest BCUT2D eigenvalue weighted by atomic mass is 9.96. The third-order valence-corrected chi connectivity index (χ3v) is 6.20. The van der Waals surface area contributed by atoms with Crippen molar-refractivity contribution in [1.29, 1.82) is 0 Å². The van der Waals surface area contributed by atoms with Crippen LogP contribution in [0.4, 0.5) is 0 Å². The molecule has 0 bridgehead atoms. The molecule has 0 aliphatic carbocycles. The number of allylic oxidation sites excluding steroid dienone is 1. The Morgan fingerprint density at radius 1 is 1.23 bits per heavy atom. The van der Waals surface area contributed by atoms with Gasteiger partial charge in [0.2, 0.25) is 5.78 Å². The second-order valence-corrected chi connectivity index (χ2v) is 8.65. The maximum atomic E-state index is 12.9. The first-order valence-electron chi connectivity index (χ1n) is 10.4. The average molecular weight is 486 g/mol. The summed E-state index contributed by atoms with van der Waals surface area (Å²) in [6, 6.07) is 10.7. The number of piperidine rings is 1. The number of benzene rings is 2. The number of hydrogen-bond donors (Lipinski definition) is 1. The maximum absolute atomic E-state index is 12.9. The zero-order chi connectivity index (χ0) is 22.0. The highest BCUT2D eigenvalue weighted by atomic mass is 79.9. The summed E-state index contributed by atoms with van der Waals surface area (Å²) >= 11 is 3.40. The van der Waals surface area contributed by atoms with Gasteiger partial charge in [0, 0.05) is 11.0 Å². The summed E-state index contributed by atoms with van der Waals surface area (Å²) in [7, 11) is 0. The number of hydrogen-bond acceptors (Lipinski definition) is 6. The quantitative estimate of drug-likeness (QED) is 0.494. The van der Waals surface area contributed by atoms with Crippen LogP contribution in [-0.4, -0.2) is 41.5 Å². The highest BCUT2D eigenvalue weighted by Crippen LogP contribution is 2.40. The molecule has 0 unspecified atom stereocenters. The molecule has 4 rings (SSSR count). The molecule has 1 saturated heterocycles. The number of ketones is 1. The SMILES string of the molecule is CCOC(=O)C1CCN(Cc2c(O)ccc3c2O/C(=C/c2ccc(Br)cc2)C3=O)CC1. The Bertz CT molecular complexity index is 1020. The van der Waals surface area contributed by atoms with Crippen LogP contribution in [0.1, 0.15) is 41.3 Å². The predicted molar refractivity (Wildman–Crippen MR) is 120 cm³/mol. The molecule has 2 aliphatic rings. The fourth-order valence-electron chi connectivity index (χ4n) is 3.97. The van der Waals surface area contributed by atoms with E-state index in [4.69, 9.17) is 9.47 Å². The third kappa shape index (κ3) is 4.67. The van der Waals surface area contributed by atoms with Gasteiger partial charge in [0.05, 0.1) is 23.7 Å². The van der Waals surface area contributed by atoms with Crippen LogP contribution < -0.4 is 4.74 Å². The van der Waals surface area contributed by atoms with Crippen molar-refractivity contribution in [3.63, 3.8) is 0 Å². The fourth-order valence-corrected chi connectivity index (χ4v) is 4.23. The van der Waals surface area contributed by atoms with E-state index in [-0.39, 0.29) is 29.2 Å². The van der Waals surface area contributed by atoms with Gasteiger partial charge in [-0.2, -0.15) is 0 Å². The molecule has 0 radical (unpaired) electrons. The summed E-state index contributed by atoms with van der Waals surface area (Å²) in [5.74, 6) is 0.349. The number of halogens is 1. The summed E-state index contributed by atoms with van der Waals surface area (Å²) in [5, 5.41) is 10.5. The van der Waals surface area contributed by atoms with E-state index in [9.17, 15) is 14.7 Å². The molecule has 162 valence electrons. The zero-order valence-electron chi connectivity index (χ0n) is 17.3. The van der Waals surface area contributed by atoms with Gasteiger partial charge in [-0.05, 0) is 68.8 Å². The van der Waals surface area contributed by atoms with Crippen molar-refractivity contribution in [2.45, 2.75) is 26.3 Å². The molecule has 0 spiro atoms. The topological polar surface area (TPSA) is 76.1 Å². The number of carbonyl (C=O) groups excluding carboxylic acids is 2. The summed E-state index contributed by atoms with van der Waals surface area (Å²) in [4.78, 5) is 27.0. The van der Waals surface area contributed by atoms with E-state index < -0.39 is 0 Å². The summed E-state index contributed by atoms with van der Waals surface area (Å²) < 4.78 is 12.0. The molecule has 6 nitrogen and oxygen atoms in total. The molecule has 2 aliphatic heterocycles. The van der Waals surface area contributed by atoms with Crippen LogP contribution in [0.5, 0.6) is 11.5 Å². The van der Waals surface area contributed by atoms with Crippen molar-refractivity contribution in [2.24, 2.45) is 5.92 Å². The molecular weight excluding hydrogens is 462 g/mol. The number of rotatable bonds is 5. The Labute approximate surface area is 189 Å². The maximum Gasteiger partial charge on any atom is 0.309 e. The molecule has 0 amide bonds. The highest BCUT2D eigenvalue weighted by Gasteiger charge is 2.33. The van der Waals surface area contributed by atoms with Gasteiger partial charge in [-0.25, -0.2) is 0 Å². The lowest BCUT2D eigenvalue weighted by Gasteiger charge is -2.31. The first-order valence-corrected chi connectivity index (χ1v) is 11.2. The predicted octanol–water partition coefficient (Wildman–Crippen LogP) is 4.55. The Morgan fingerprint density at radius 2 is 1.94 bits per heavy atom. The Morgan fingerprint density at radius 3 is 2.61 bits per heavy atom. The number of esters is 1. The standard InChI is InChI=1S/C24H24BrNO5/c1-2-30-24(29)16-9-11-26(12-10-16)14-19-20(27)8-7-18-22(28)21(31-23(18)19)13-15-3-5-17(25)6-4-15/h3-8,13,16,27H,2,9-12,14H2,1H3/b21-13+. The van der Waals surface area contributed by atoms with Crippen LogP contribution in [0.2, 0.25) is 0 Å². The summed E-state index contributed by atoms with van der Waals surface area (Å²) in [6.45, 7) is 4.07. The molecule has 2 aromatic carbocycles. The normalized spacial score (nSPS) is 18.1. The van der Waals surface area contributed by atoms with E-state index >= 15 is 0 Å². The van der Waals surface area contributed by atoms with Gasteiger partial charge in [-0.3, -0.25) is 14.5 Å². The highest BCUT2D eigenvalue weighted by molar-refractivity contribution is 9.10. The monoisotopic (exact) mass is 485 g/mol.